The Morgan fingerprint density at radius 1 is 1.13 bits per heavy atom. The van der Waals surface area contributed by atoms with Crippen molar-refractivity contribution in [1.82, 2.24) is 0 Å². The minimum atomic E-state index is -4.33. The Kier molecular flexibility index (Phi) is 8.41. The van der Waals surface area contributed by atoms with Crippen LogP contribution in [-0.4, -0.2) is 24.3 Å². The molecule has 0 aromatic carbocycles. The van der Waals surface area contributed by atoms with Gasteiger partial charge in [0.15, 0.2) is 0 Å². The molecule has 15 heavy (non-hydrogen) atoms. The van der Waals surface area contributed by atoms with Crippen LogP contribution in [0.5, 0.6) is 0 Å². The van der Waals surface area contributed by atoms with Gasteiger partial charge in [0, 0.05) is 0 Å². The van der Waals surface area contributed by atoms with Crippen molar-refractivity contribution in [2.24, 2.45) is 5.41 Å². The fourth-order valence-corrected chi connectivity index (χ4v) is 0.348. The second-order valence-corrected chi connectivity index (χ2v) is 41.5. The van der Waals surface area contributed by atoms with Gasteiger partial charge in [-0.05, 0) is 27.7 Å². The molecule has 0 aliphatic carbocycles. The number of ether oxygens (including phenoxy) is 1. The van der Waals surface area contributed by atoms with Crippen LogP contribution in [0.25, 0.3) is 0 Å². The van der Waals surface area contributed by atoms with Crippen molar-refractivity contribution in [3.8, 4) is 0 Å². The molecule has 0 heterocycles. The van der Waals surface area contributed by atoms with Gasteiger partial charge in [0.1, 0.15) is 0 Å². The van der Waals surface area contributed by atoms with Gasteiger partial charge in [-0.15, -0.1) is 0 Å². The van der Waals surface area contributed by atoms with Crippen LogP contribution >= 0.6 is 44.1 Å². The Morgan fingerprint density at radius 2 is 1.40 bits per heavy atom. The van der Waals surface area contributed by atoms with Crippen LogP contribution < -0.4 is 0 Å². The summed E-state index contributed by atoms with van der Waals surface area (Å²) in [4.78, 5) is 10.8. The molecule has 0 aromatic rings. The molecule has 0 radical (unpaired) electrons. The van der Waals surface area contributed by atoms with E-state index in [-0.39, 0.29) is 11.4 Å². The molecular formula is C7H14Cl5O2Sb. The van der Waals surface area contributed by atoms with E-state index in [0.29, 0.717) is 6.61 Å². The summed E-state index contributed by atoms with van der Waals surface area (Å²) in [6.07, 6.45) is 0. The van der Waals surface area contributed by atoms with E-state index in [0.717, 1.165) is 0 Å². The Bertz CT molecular complexity index is 199. The molecule has 0 rings (SSSR count). The van der Waals surface area contributed by atoms with Crippen LogP contribution in [0, 0.1) is 5.41 Å². The average molecular weight is 429 g/mol. The van der Waals surface area contributed by atoms with E-state index in [1.54, 1.807) is 0 Å². The fraction of sp³-hybridized carbons (Fsp3) is 0.857. The minimum absolute atomic E-state index is 0.134. The summed E-state index contributed by atoms with van der Waals surface area (Å²) in [5.41, 5.74) is -0.351. The van der Waals surface area contributed by atoms with Crippen LogP contribution in [0.2, 0.25) is 0 Å². The molecular weight excluding hydrogens is 415 g/mol. The van der Waals surface area contributed by atoms with Crippen LogP contribution in [-0.2, 0) is 9.53 Å². The van der Waals surface area contributed by atoms with Gasteiger partial charge < -0.3 is 4.74 Å². The second kappa shape index (κ2) is 6.61. The molecule has 94 valence electrons. The average Bonchev–Trinajstić information content (AvgIpc) is 1.79. The molecule has 0 bridgehead atoms. The first kappa shape index (κ1) is 19.1. The summed E-state index contributed by atoms with van der Waals surface area (Å²) in [6, 6.07) is 0. The molecule has 0 atom stereocenters. The molecule has 0 unspecified atom stereocenters. The number of esters is 1. The third kappa shape index (κ3) is 25.8. The van der Waals surface area contributed by atoms with Crippen LogP contribution in [0.1, 0.15) is 27.7 Å². The SMILES string of the molecule is CCOC(=O)C(C)(C)C.[Cl][Sb]([Cl])([Cl])([Cl])[Cl]. The van der Waals surface area contributed by atoms with Crippen molar-refractivity contribution in [3.63, 3.8) is 0 Å². The number of carbonyl (C=O) groups excluding carboxylic acids is 1. The molecule has 0 saturated carbocycles. The summed E-state index contributed by atoms with van der Waals surface area (Å²) in [7, 11) is 25.2. The van der Waals surface area contributed by atoms with Crippen molar-refractivity contribution in [2.45, 2.75) is 27.7 Å². The molecule has 2 nitrogen and oxygen atoms in total. The summed E-state index contributed by atoms with van der Waals surface area (Å²) < 4.78 is 4.77. The van der Waals surface area contributed by atoms with Crippen molar-refractivity contribution in [3.05, 3.63) is 0 Å². The van der Waals surface area contributed by atoms with E-state index in [4.69, 9.17) is 48.9 Å². The molecule has 0 saturated heterocycles. The van der Waals surface area contributed by atoms with E-state index in [9.17, 15) is 4.79 Å². The molecule has 0 amide bonds. The standard InChI is InChI=1S/C7H14O2.5ClH.Sb/c1-5-9-6(8)7(2,3)4;;;;;;/h5H2,1-4H3;5*1H;/q;;;;;;+5/p-5. The number of carbonyl (C=O) groups is 1. The predicted molar refractivity (Wildman–Crippen MR) is 71.1 cm³/mol. The van der Waals surface area contributed by atoms with Gasteiger partial charge in [-0.1, -0.05) is 0 Å². The van der Waals surface area contributed by atoms with Gasteiger partial charge in [0.05, 0.1) is 12.0 Å². The molecule has 0 spiro atoms. The van der Waals surface area contributed by atoms with Crippen molar-refractivity contribution in [2.75, 3.05) is 6.61 Å². The number of hydrogen-bond acceptors (Lipinski definition) is 2. The van der Waals surface area contributed by atoms with E-state index in [1.807, 2.05) is 27.7 Å². The second-order valence-electron chi connectivity index (χ2n) is 3.61. The third-order valence-corrected chi connectivity index (χ3v) is 0.888. The van der Waals surface area contributed by atoms with Crippen molar-refractivity contribution < 1.29 is 9.53 Å². The Hall–Kier alpha value is 1.74. The monoisotopic (exact) mass is 426 g/mol. The molecule has 8 heteroatoms. The molecule has 0 aliphatic heterocycles. The quantitative estimate of drug-likeness (QED) is 0.448. The Labute approximate surface area is 110 Å². The van der Waals surface area contributed by atoms with Crippen molar-refractivity contribution >= 4 is 61.8 Å². The number of rotatable bonds is 1. The summed E-state index contributed by atoms with van der Waals surface area (Å²) in [6.45, 7) is 7.79. The van der Waals surface area contributed by atoms with Gasteiger partial charge in [-0.3, -0.25) is 4.79 Å². The van der Waals surface area contributed by atoms with Crippen LogP contribution in [0.4, 0.5) is 0 Å². The van der Waals surface area contributed by atoms with E-state index in [2.05, 4.69) is 0 Å². The number of hydrogen-bond donors (Lipinski definition) is 0. The van der Waals surface area contributed by atoms with E-state index < -0.39 is 11.7 Å². The summed E-state index contributed by atoms with van der Waals surface area (Å²) in [5.74, 6) is -0.134. The predicted octanol–water partition coefficient (Wildman–Crippen LogP) is 4.66. The first-order chi connectivity index (χ1) is 6.22. The van der Waals surface area contributed by atoms with E-state index in [1.165, 1.54) is 0 Å². The Balaban J connectivity index is 0. The van der Waals surface area contributed by atoms with Gasteiger partial charge in [-0.2, -0.15) is 0 Å². The number of halogens is 5. The zero-order chi connectivity index (χ0) is 12.9. The maximum atomic E-state index is 10.8. The van der Waals surface area contributed by atoms with Gasteiger partial charge >= 0.3 is 61.8 Å². The zero-order valence-electron chi connectivity index (χ0n) is 8.86. The fourth-order valence-electron chi connectivity index (χ4n) is 0.348. The van der Waals surface area contributed by atoms with Gasteiger partial charge in [-0.25, -0.2) is 0 Å². The zero-order valence-corrected chi connectivity index (χ0v) is 15.2. The summed E-state index contributed by atoms with van der Waals surface area (Å²) in [5, 5.41) is 0. The van der Waals surface area contributed by atoms with Crippen LogP contribution in [0.15, 0.2) is 0 Å². The summed E-state index contributed by atoms with van der Waals surface area (Å²) >= 11 is -4.33. The van der Waals surface area contributed by atoms with Gasteiger partial charge in [0.25, 0.3) is 0 Å². The maximum absolute atomic E-state index is 10.8. The van der Waals surface area contributed by atoms with Crippen LogP contribution in [0.3, 0.4) is 0 Å². The molecule has 0 N–H and O–H groups in total. The topological polar surface area (TPSA) is 26.3 Å². The Morgan fingerprint density at radius 3 is 1.47 bits per heavy atom. The molecule has 0 aliphatic rings. The first-order valence-electron chi connectivity index (χ1n) is 4.00. The molecule has 0 fully saturated rings. The van der Waals surface area contributed by atoms with E-state index >= 15 is 0 Å². The first-order valence-corrected chi connectivity index (χ1v) is 20.2. The third-order valence-electron chi connectivity index (χ3n) is 0.888. The van der Waals surface area contributed by atoms with Gasteiger partial charge in [0.2, 0.25) is 0 Å². The molecule has 0 aromatic heterocycles. The van der Waals surface area contributed by atoms with Crippen molar-refractivity contribution in [1.29, 1.82) is 0 Å². The normalized spacial score (nSPS) is 14.3.